The summed E-state index contributed by atoms with van der Waals surface area (Å²) < 4.78 is 23.9. The van der Waals surface area contributed by atoms with Crippen LogP contribution < -0.4 is 0 Å². The molecule has 1 N–H and O–H groups in total. The number of nitrogens with zero attached hydrogens (tertiary/aromatic N) is 2. The second-order valence-corrected chi connectivity index (χ2v) is 5.41. The summed E-state index contributed by atoms with van der Waals surface area (Å²) in [5.74, 6) is 0. The van der Waals surface area contributed by atoms with Gasteiger partial charge in [0.15, 0.2) is 0 Å². The molecule has 0 aromatic heterocycles. The van der Waals surface area contributed by atoms with Crippen LogP contribution in [-0.4, -0.2) is 68.3 Å². The molecule has 1 aliphatic rings. The van der Waals surface area contributed by atoms with Crippen LogP contribution in [0.25, 0.3) is 0 Å². The van der Waals surface area contributed by atoms with Gasteiger partial charge in [-0.15, -0.1) is 0 Å². The van der Waals surface area contributed by atoms with Gasteiger partial charge in [-0.05, 0) is 7.05 Å². The van der Waals surface area contributed by atoms with Crippen molar-refractivity contribution >= 4 is 10.0 Å². The minimum absolute atomic E-state index is 0.114. The number of hydrogen-bond acceptors (Lipinski definition) is 4. The average molecular weight is 208 g/mol. The lowest BCUT2D eigenvalue weighted by Gasteiger charge is -2.37. The van der Waals surface area contributed by atoms with Crippen molar-refractivity contribution in [3.05, 3.63) is 0 Å². The van der Waals surface area contributed by atoms with Crippen LogP contribution in [0.15, 0.2) is 0 Å². The molecule has 1 aliphatic heterocycles. The van der Waals surface area contributed by atoms with Crippen LogP contribution in [0.4, 0.5) is 0 Å². The lowest BCUT2D eigenvalue weighted by atomic mass is 10.2. The highest BCUT2D eigenvalue weighted by Crippen LogP contribution is 2.11. The molecule has 0 aliphatic carbocycles. The molecule has 1 fully saturated rings. The van der Waals surface area contributed by atoms with Gasteiger partial charge in [0.25, 0.3) is 0 Å². The summed E-state index contributed by atoms with van der Waals surface area (Å²) >= 11 is 0. The van der Waals surface area contributed by atoms with Crippen LogP contribution in [0.3, 0.4) is 0 Å². The summed E-state index contributed by atoms with van der Waals surface area (Å²) in [6.07, 6.45) is 1.18. The fourth-order valence-corrected chi connectivity index (χ4v) is 2.67. The molecule has 1 heterocycles. The van der Waals surface area contributed by atoms with E-state index in [2.05, 4.69) is 0 Å². The van der Waals surface area contributed by atoms with E-state index in [4.69, 9.17) is 5.11 Å². The van der Waals surface area contributed by atoms with E-state index < -0.39 is 10.0 Å². The molecule has 0 saturated carbocycles. The van der Waals surface area contributed by atoms with E-state index in [0.29, 0.717) is 13.1 Å². The Balaban J connectivity index is 2.74. The van der Waals surface area contributed by atoms with E-state index in [1.165, 1.54) is 10.6 Å². The summed E-state index contributed by atoms with van der Waals surface area (Å²) in [5.41, 5.74) is 0. The summed E-state index contributed by atoms with van der Waals surface area (Å²) in [7, 11) is -1.24. The van der Waals surface area contributed by atoms with Crippen molar-refractivity contribution in [1.29, 1.82) is 0 Å². The first kappa shape index (κ1) is 10.9. The monoisotopic (exact) mass is 208 g/mol. The molecule has 0 spiro atoms. The van der Waals surface area contributed by atoms with Crippen LogP contribution >= 0.6 is 0 Å². The molecular formula is C7H16N2O3S. The van der Waals surface area contributed by atoms with E-state index >= 15 is 0 Å². The molecule has 0 aromatic rings. The fraction of sp³-hybridized carbons (Fsp3) is 1.00. The first-order valence-electron chi connectivity index (χ1n) is 4.21. The third-order valence-electron chi connectivity index (χ3n) is 2.27. The highest BCUT2D eigenvalue weighted by Gasteiger charge is 2.30. The van der Waals surface area contributed by atoms with Crippen molar-refractivity contribution in [1.82, 2.24) is 9.21 Å². The van der Waals surface area contributed by atoms with Gasteiger partial charge in [-0.2, -0.15) is 4.31 Å². The van der Waals surface area contributed by atoms with E-state index in [-0.39, 0.29) is 12.6 Å². The Bertz CT molecular complexity index is 265. The predicted molar refractivity (Wildman–Crippen MR) is 49.9 cm³/mol. The molecule has 0 unspecified atom stereocenters. The van der Waals surface area contributed by atoms with Crippen molar-refractivity contribution in [2.45, 2.75) is 6.04 Å². The van der Waals surface area contributed by atoms with E-state index in [9.17, 15) is 8.42 Å². The van der Waals surface area contributed by atoms with Crippen molar-refractivity contribution in [3.63, 3.8) is 0 Å². The maximum atomic E-state index is 11.3. The zero-order valence-electron chi connectivity index (χ0n) is 7.97. The lowest BCUT2D eigenvalue weighted by molar-refractivity contribution is 0.107. The molecule has 5 nitrogen and oxygen atoms in total. The van der Waals surface area contributed by atoms with E-state index in [1.54, 1.807) is 0 Å². The van der Waals surface area contributed by atoms with Gasteiger partial charge in [-0.25, -0.2) is 8.42 Å². The lowest BCUT2D eigenvalue weighted by Crippen LogP contribution is -2.55. The van der Waals surface area contributed by atoms with Gasteiger partial charge >= 0.3 is 0 Å². The van der Waals surface area contributed by atoms with Gasteiger partial charge in [0.2, 0.25) is 10.0 Å². The Kier molecular flexibility index (Phi) is 3.28. The summed E-state index contributed by atoms with van der Waals surface area (Å²) in [4.78, 5) is 2.02. The number of likely N-dealkylation sites (N-methyl/N-ethyl adjacent to an activating group) is 1. The third kappa shape index (κ3) is 2.63. The third-order valence-corrected chi connectivity index (χ3v) is 3.60. The highest BCUT2D eigenvalue weighted by atomic mass is 32.2. The van der Waals surface area contributed by atoms with Gasteiger partial charge in [0.05, 0.1) is 18.9 Å². The first-order valence-corrected chi connectivity index (χ1v) is 6.06. The average Bonchev–Trinajstić information content (AvgIpc) is 2.01. The fourth-order valence-electron chi connectivity index (χ4n) is 1.58. The van der Waals surface area contributed by atoms with Gasteiger partial charge in [-0.3, -0.25) is 0 Å². The molecule has 13 heavy (non-hydrogen) atoms. The Hall–Kier alpha value is -0.170. The maximum Gasteiger partial charge on any atom is 0.211 e. The van der Waals surface area contributed by atoms with Gasteiger partial charge in [0.1, 0.15) is 0 Å². The van der Waals surface area contributed by atoms with Crippen molar-refractivity contribution in [3.8, 4) is 0 Å². The van der Waals surface area contributed by atoms with Crippen LogP contribution in [0.2, 0.25) is 0 Å². The molecule has 1 saturated heterocycles. The molecule has 1 atom stereocenters. The maximum absolute atomic E-state index is 11.3. The smallest absolute Gasteiger partial charge is 0.211 e. The minimum atomic E-state index is -3.16. The number of sulfonamides is 1. The highest BCUT2D eigenvalue weighted by molar-refractivity contribution is 7.88. The quantitative estimate of drug-likeness (QED) is 0.603. The van der Waals surface area contributed by atoms with Crippen molar-refractivity contribution < 1.29 is 13.5 Å². The second-order valence-electron chi connectivity index (χ2n) is 3.47. The first-order chi connectivity index (χ1) is 5.95. The molecule has 0 aromatic carbocycles. The van der Waals surface area contributed by atoms with Crippen LogP contribution in [-0.2, 0) is 10.0 Å². The standard InChI is InChI=1S/C7H16N2O3S/c1-8-3-4-9(13(2,11)12)7(5-8)6-10/h7,10H,3-6H2,1-2H3/t7-/m0/s1. The van der Waals surface area contributed by atoms with E-state index in [1.807, 2.05) is 11.9 Å². The zero-order valence-corrected chi connectivity index (χ0v) is 8.79. The second kappa shape index (κ2) is 3.91. The van der Waals surface area contributed by atoms with Crippen LogP contribution in [0.5, 0.6) is 0 Å². The summed E-state index contributed by atoms with van der Waals surface area (Å²) in [6, 6.07) is -0.284. The van der Waals surface area contributed by atoms with Crippen molar-refractivity contribution in [2.24, 2.45) is 0 Å². The van der Waals surface area contributed by atoms with Crippen LogP contribution in [0.1, 0.15) is 0 Å². The largest absolute Gasteiger partial charge is 0.395 e. The topological polar surface area (TPSA) is 60.9 Å². The summed E-state index contributed by atoms with van der Waals surface area (Å²) in [6.45, 7) is 1.69. The number of rotatable bonds is 2. The Morgan fingerprint density at radius 2 is 2.08 bits per heavy atom. The molecule has 78 valence electrons. The van der Waals surface area contributed by atoms with Crippen LogP contribution in [0, 0.1) is 0 Å². The number of piperazine rings is 1. The number of hydrogen-bond donors (Lipinski definition) is 1. The predicted octanol–water partition coefficient (Wildman–Crippen LogP) is -1.45. The molecule has 0 radical (unpaired) electrons. The Morgan fingerprint density at radius 3 is 2.54 bits per heavy atom. The normalized spacial score (nSPS) is 27.8. The zero-order chi connectivity index (χ0) is 10.1. The minimum Gasteiger partial charge on any atom is -0.395 e. The SMILES string of the molecule is CN1CCN(S(C)(=O)=O)[C@H](CO)C1. The Labute approximate surface area is 79.0 Å². The molecule has 1 rings (SSSR count). The van der Waals surface area contributed by atoms with Gasteiger partial charge < -0.3 is 10.0 Å². The Morgan fingerprint density at radius 1 is 1.46 bits per heavy atom. The van der Waals surface area contributed by atoms with Crippen molar-refractivity contribution in [2.75, 3.05) is 39.5 Å². The molecule has 0 bridgehead atoms. The molecule has 6 heteroatoms. The van der Waals surface area contributed by atoms with Gasteiger partial charge in [-0.1, -0.05) is 0 Å². The van der Waals surface area contributed by atoms with Gasteiger partial charge in [0, 0.05) is 19.6 Å². The molecule has 0 amide bonds. The molecular weight excluding hydrogens is 192 g/mol. The summed E-state index contributed by atoms with van der Waals surface area (Å²) in [5, 5.41) is 9.01. The number of aliphatic hydroxyl groups is 1. The number of aliphatic hydroxyl groups excluding tert-OH is 1. The van der Waals surface area contributed by atoms with E-state index in [0.717, 1.165) is 6.54 Å².